The first kappa shape index (κ1) is 16.4. The third-order valence-corrected chi connectivity index (χ3v) is 5.24. The third kappa shape index (κ3) is 3.12. The molecular weight excluding hydrogens is 319 g/mol. The molecule has 5 nitrogen and oxygen atoms in total. The summed E-state index contributed by atoms with van der Waals surface area (Å²) in [5, 5.41) is 0.587. The highest BCUT2D eigenvalue weighted by atomic mass is 19.1. The fourth-order valence-electron chi connectivity index (χ4n) is 3.62. The summed E-state index contributed by atoms with van der Waals surface area (Å²) in [5.74, 6) is 0.0125. The van der Waals surface area contributed by atoms with E-state index in [0.717, 1.165) is 31.6 Å². The minimum Gasteiger partial charge on any atom is -0.332 e. The lowest BCUT2D eigenvalue weighted by molar-refractivity contribution is 0.0518. The highest BCUT2D eigenvalue weighted by molar-refractivity contribution is 6.06. The molecule has 1 atom stereocenters. The fourth-order valence-corrected chi connectivity index (χ4v) is 3.62. The van der Waals surface area contributed by atoms with Gasteiger partial charge in [0.05, 0.1) is 17.1 Å². The normalized spacial score (nSPS) is 21.7. The van der Waals surface area contributed by atoms with Gasteiger partial charge in [-0.2, -0.15) is 0 Å². The van der Waals surface area contributed by atoms with E-state index in [1.54, 1.807) is 6.07 Å². The van der Waals surface area contributed by atoms with E-state index in [1.165, 1.54) is 12.1 Å². The molecule has 0 bridgehead atoms. The number of piperazine rings is 1. The van der Waals surface area contributed by atoms with Gasteiger partial charge in [-0.3, -0.25) is 9.78 Å². The Labute approximate surface area is 146 Å². The standard InChI is InChI=1S/C19H23FN4O/c1-23-6-7-24(14(10-21)11-23)19(25)16-9-18(12-2-3-12)22-17-5-4-13(20)8-15(16)17/h4-5,8-9,12,14H,2-3,6-7,10-11,21H2,1H3/t14-/m1/s1. The second kappa shape index (κ2) is 6.35. The Balaban J connectivity index is 1.78. The second-order valence-corrected chi connectivity index (χ2v) is 7.18. The maximum Gasteiger partial charge on any atom is 0.254 e. The molecular formula is C19H23FN4O. The van der Waals surface area contributed by atoms with Crippen molar-refractivity contribution in [1.29, 1.82) is 0 Å². The number of carbonyl (C=O) groups excluding carboxylic acids is 1. The van der Waals surface area contributed by atoms with Crippen LogP contribution in [0, 0.1) is 5.82 Å². The molecule has 0 spiro atoms. The topological polar surface area (TPSA) is 62.5 Å². The summed E-state index contributed by atoms with van der Waals surface area (Å²) in [4.78, 5) is 22.0. The number of hydrogen-bond donors (Lipinski definition) is 1. The lowest BCUT2D eigenvalue weighted by Gasteiger charge is -2.39. The van der Waals surface area contributed by atoms with Gasteiger partial charge in [0, 0.05) is 43.2 Å². The summed E-state index contributed by atoms with van der Waals surface area (Å²) in [7, 11) is 2.03. The quantitative estimate of drug-likeness (QED) is 0.926. The van der Waals surface area contributed by atoms with Crippen molar-refractivity contribution in [3.05, 3.63) is 41.3 Å². The van der Waals surface area contributed by atoms with Crippen LogP contribution in [0.15, 0.2) is 24.3 Å². The molecule has 4 rings (SSSR count). The summed E-state index contributed by atoms with van der Waals surface area (Å²) >= 11 is 0. The van der Waals surface area contributed by atoms with E-state index in [4.69, 9.17) is 5.73 Å². The van der Waals surface area contributed by atoms with Crippen LogP contribution in [0.25, 0.3) is 10.9 Å². The second-order valence-electron chi connectivity index (χ2n) is 7.18. The van der Waals surface area contributed by atoms with Crippen molar-refractivity contribution in [3.63, 3.8) is 0 Å². The molecule has 1 saturated carbocycles. The first-order valence-corrected chi connectivity index (χ1v) is 8.86. The summed E-state index contributed by atoms with van der Waals surface area (Å²) in [6.07, 6.45) is 2.21. The molecule has 2 fully saturated rings. The molecule has 132 valence electrons. The molecule has 1 saturated heterocycles. The molecule has 0 unspecified atom stereocenters. The number of aromatic nitrogens is 1. The van der Waals surface area contributed by atoms with Crippen molar-refractivity contribution in [2.24, 2.45) is 5.73 Å². The van der Waals surface area contributed by atoms with Crippen LogP contribution >= 0.6 is 0 Å². The zero-order valence-corrected chi connectivity index (χ0v) is 14.4. The number of nitrogens with zero attached hydrogens (tertiary/aromatic N) is 3. The van der Waals surface area contributed by atoms with Crippen LogP contribution < -0.4 is 5.73 Å². The molecule has 1 aliphatic carbocycles. The van der Waals surface area contributed by atoms with Gasteiger partial charge >= 0.3 is 0 Å². The van der Waals surface area contributed by atoms with Crippen molar-refractivity contribution in [2.75, 3.05) is 33.2 Å². The minimum absolute atomic E-state index is 0.0209. The number of halogens is 1. The lowest BCUT2D eigenvalue weighted by atomic mass is 10.0. The average molecular weight is 342 g/mol. The average Bonchev–Trinajstić information content (AvgIpc) is 3.45. The van der Waals surface area contributed by atoms with E-state index in [2.05, 4.69) is 9.88 Å². The number of likely N-dealkylation sites (N-methyl/N-ethyl adjacent to an activating group) is 1. The highest BCUT2D eigenvalue weighted by Gasteiger charge is 2.32. The van der Waals surface area contributed by atoms with Gasteiger partial charge in [0.25, 0.3) is 5.91 Å². The van der Waals surface area contributed by atoms with E-state index >= 15 is 0 Å². The Morgan fingerprint density at radius 2 is 2.12 bits per heavy atom. The Hall–Kier alpha value is -2.05. The number of nitrogens with two attached hydrogens (primary N) is 1. The fraction of sp³-hybridized carbons (Fsp3) is 0.474. The summed E-state index contributed by atoms with van der Waals surface area (Å²) < 4.78 is 13.8. The largest absolute Gasteiger partial charge is 0.332 e. The van der Waals surface area contributed by atoms with Crippen LogP contribution in [-0.2, 0) is 0 Å². The molecule has 2 aromatic rings. The molecule has 25 heavy (non-hydrogen) atoms. The zero-order valence-electron chi connectivity index (χ0n) is 14.4. The molecule has 0 radical (unpaired) electrons. The predicted molar refractivity (Wildman–Crippen MR) is 95.1 cm³/mol. The van der Waals surface area contributed by atoms with Crippen LogP contribution in [0.4, 0.5) is 4.39 Å². The highest BCUT2D eigenvalue weighted by Crippen LogP contribution is 2.40. The van der Waals surface area contributed by atoms with E-state index in [1.807, 2.05) is 18.0 Å². The van der Waals surface area contributed by atoms with Crippen LogP contribution in [-0.4, -0.2) is 60.0 Å². The van der Waals surface area contributed by atoms with Crippen LogP contribution in [0.2, 0.25) is 0 Å². The minimum atomic E-state index is -0.351. The molecule has 1 aromatic heterocycles. The Bertz CT molecular complexity index is 820. The molecule has 1 aliphatic heterocycles. The molecule has 1 aromatic carbocycles. The molecule has 1 amide bonds. The predicted octanol–water partition coefficient (Wildman–Crippen LogP) is 1.97. The number of fused-ring (bicyclic) bond motifs is 1. The molecule has 2 heterocycles. The van der Waals surface area contributed by atoms with Crippen molar-refractivity contribution in [3.8, 4) is 0 Å². The Morgan fingerprint density at radius 3 is 2.84 bits per heavy atom. The van der Waals surface area contributed by atoms with Gasteiger partial charge in [-0.15, -0.1) is 0 Å². The summed E-state index contributed by atoms with van der Waals surface area (Å²) in [5.41, 5.74) is 8.09. The van der Waals surface area contributed by atoms with Crippen LogP contribution in [0.1, 0.15) is 34.8 Å². The van der Waals surface area contributed by atoms with Crippen molar-refractivity contribution < 1.29 is 9.18 Å². The lowest BCUT2D eigenvalue weighted by Crippen LogP contribution is -2.56. The molecule has 2 aliphatic rings. The van der Waals surface area contributed by atoms with Gasteiger partial charge in [-0.25, -0.2) is 4.39 Å². The van der Waals surface area contributed by atoms with Crippen molar-refractivity contribution in [2.45, 2.75) is 24.8 Å². The number of pyridine rings is 1. The smallest absolute Gasteiger partial charge is 0.254 e. The van der Waals surface area contributed by atoms with Gasteiger partial charge < -0.3 is 15.5 Å². The van der Waals surface area contributed by atoms with Crippen molar-refractivity contribution >= 4 is 16.8 Å². The van der Waals surface area contributed by atoms with Crippen LogP contribution in [0.3, 0.4) is 0 Å². The van der Waals surface area contributed by atoms with E-state index in [-0.39, 0.29) is 17.8 Å². The number of carbonyl (C=O) groups is 1. The molecule has 2 N–H and O–H groups in total. The molecule has 6 heteroatoms. The number of benzene rings is 1. The SMILES string of the molecule is CN1CCN(C(=O)c2cc(C3CC3)nc3ccc(F)cc23)[C@H](CN)C1. The Morgan fingerprint density at radius 1 is 1.32 bits per heavy atom. The van der Waals surface area contributed by atoms with E-state index in [9.17, 15) is 9.18 Å². The van der Waals surface area contributed by atoms with Crippen LogP contribution in [0.5, 0.6) is 0 Å². The van der Waals surface area contributed by atoms with Crippen molar-refractivity contribution in [1.82, 2.24) is 14.8 Å². The number of rotatable bonds is 3. The van der Waals surface area contributed by atoms with E-state index < -0.39 is 0 Å². The summed E-state index contributed by atoms with van der Waals surface area (Å²) in [6.45, 7) is 2.63. The monoisotopic (exact) mass is 342 g/mol. The van der Waals surface area contributed by atoms with Gasteiger partial charge in [0.2, 0.25) is 0 Å². The maximum absolute atomic E-state index is 13.8. The zero-order chi connectivity index (χ0) is 17.6. The van der Waals surface area contributed by atoms with Gasteiger partial charge in [0.15, 0.2) is 0 Å². The first-order chi connectivity index (χ1) is 12.1. The maximum atomic E-state index is 13.8. The van der Waals surface area contributed by atoms with Gasteiger partial charge in [-0.05, 0) is 44.2 Å². The van der Waals surface area contributed by atoms with Gasteiger partial charge in [-0.1, -0.05) is 0 Å². The third-order valence-electron chi connectivity index (χ3n) is 5.24. The number of amides is 1. The number of hydrogen-bond acceptors (Lipinski definition) is 4. The first-order valence-electron chi connectivity index (χ1n) is 8.86. The summed E-state index contributed by atoms with van der Waals surface area (Å²) in [6, 6.07) is 6.33. The van der Waals surface area contributed by atoms with Gasteiger partial charge in [0.1, 0.15) is 5.82 Å². The van der Waals surface area contributed by atoms with E-state index in [0.29, 0.717) is 35.5 Å². The Kier molecular flexibility index (Phi) is 4.17.